The molecule has 4 aromatic rings. The molecule has 0 radical (unpaired) electrons. The number of nitrogens with one attached hydrogen (secondary N) is 1. The highest BCUT2D eigenvalue weighted by molar-refractivity contribution is 6.35. The first kappa shape index (κ1) is 28.9. The minimum absolute atomic E-state index is 0.0487. The lowest BCUT2D eigenvalue weighted by molar-refractivity contribution is -0.123. The molecule has 4 N–H and O–H groups in total. The molecule has 1 aliphatic heterocycles. The van der Waals surface area contributed by atoms with Crippen molar-refractivity contribution in [1.29, 1.82) is 0 Å². The largest absolute Gasteiger partial charge is 0.489 e. The fourth-order valence-electron chi connectivity index (χ4n) is 5.79. The summed E-state index contributed by atoms with van der Waals surface area (Å²) in [7, 11) is 0. The number of hydrogen-bond acceptors (Lipinski definition) is 6. The van der Waals surface area contributed by atoms with Crippen LogP contribution in [0.25, 0.3) is 22.2 Å². The Morgan fingerprint density at radius 3 is 2.57 bits per heavy atom. The fourth-order valence-corrected chi connectivity index (χ4v) is 6.20. The maximum absolute atomic E-state index is 15.2. The summed E-state index contributed by atoms with van der Waals surface area (Å²) in [4.78, 5) is 30.5. The van der Waals surface area contributed by atoms with Crippen LogP contribution >= 0.6 is 23.2 Å². The predicted molar refractivity (Wildman–Crippen MR) is 159 cm³/mol. The molecular weight excluding hydrogens is 615 g/mol. The minimum atomic E-state index is -1.73. The lowest BCUT2D eigenvalue weighted by atomic mass is 9.81. The third-order valence-corrected chi connectivity index (χ3v) is 9.44. The third kappa shape index (κ3) is 4.69. The normalized spacial score (nSPS) is 20.7. The Labute approximate surface area is 260 Å². The Balaban J connectivity index is 1.27. The summed E-state index contributed by atoms with van der Waals surface area (Å²) in [6.07, 6.45) is 5.21. The minimum Gasteiger partial charge on any atom is -0.489 e. The van der Waals surface area contributed by atoms with Crippen LogP contribution in [-0.2, 0) is 15.8 Å². The van der Waals surface area contributed by atoms with Crippen molar-refractivity contribution in [2.75, 3.05) is 13.2 Å². The van der Waals surface area contributed by atoms with Gasteiger partial charge in [0.15, 0.2) is 0 Å². The van der Waals surface area contributed by atoms with E-state index >= 15 is 4.39 Å². The van der Waals surface area contributed by atoms with Crippen molar-refractivity contribution >= 4 is 45.9 Å². The Bertz CT molecular complexity index is 1890. The van der Waals surface area contributed by atoms with Gasteiger partial charge in [-0.1, -0.05) is 23.2 Å². The maximum atomic E-state index is 15.2. The van der Waals surface area contributed by atoms with Crippen molar-refractivity contribution in [3.63, 3.8) is 0 Å². The van der Waals surface area contributed by atoms with Crippen molar-refractivity contribution < 1.29 is 28.2 Å². The highest BCUT2D eigenvalue weighted by atomic mass is 35.5. The van der Waals surface area contributed by atoms with Crippen molar-refractivity contribution in [2.45, 2.75) is 49.7 Å². The van der Waals surface area contributed by atoms with E-state index < -0.39 is 39.5 Å². The molecule has 2 fully saturated rings. The second-order valence-electron chi connectivity index (χ2n) is 12.1. The molecule has 2 saturated carbocycles. The van der Waals surface area contributed by atoms with Gasteiger partial charge in [-0.15, -0.1) is 0 Å². The highest BCUT2D eigenvalue weighted by Gasteiger charge is 2.50. The number of nitrogens with two attached hydrogens (primary N) is 1. The molecule has 2 aromatic heterocycles. The monoisotopic (exact) mass is 641 g/mol. The summed E-state index contributed by atoms with van der Waals surface area (Å²) in [5.41, 5.74) is 3.51. The van der Waals surface area contributed by atoms with Gasteiger partial charge < -0.3 is 20.9 Å². The van der Waals surface area contributed by atoms with Crippen molar-refractivity contribution in [2.24, 2.45) is 11.7 Å². The third-order valence-electron chi connectivity index (χ3n) is 8.86. The summed E-state index contributed by atoms with van der Waals surface area (Å²) in [5.74, 6) is -3.21. The van der Waals surface area contributed by atoms with Crippen LogP contribution in [0.4, 0.5) is 8.78 Å². The van der Waals surface area contributed by atoms with E-state index in [9.17, 15) is 19.1 Å². The molecule has 2 atom stereocenters. The van der Waals surface area contributed by atoms with Gasteiger partial charge in [0.1, 0.15) is 46.2 Å². The zero-order valence-electron chi connectivity index (χ0n) is 23.5. The molecule has 0 saturated heterocycles. The standard InChI is InChI=1S/C31H27Cl2F2N5O4/c1-30(29(36)42)13-44-27-19(30)9-24(38-26(27)18-8-23(35)20(32)10-22(18)34)31(43,16-2-3-16)12-37-28(41)14-6-15-11-40(17-4-5-17)39-25(15)21(33)7-14/h6-11,16-17,43H,2-5,12-13H2,1H3,(H2,36,42)(H,37,41)/t30-,31?/m0/s1. The Hall–Kier alpha value is -3.80. The molecular formula is C31H27Cl2F2N5O4. The van der Waals surface area contributed by atoms with Gasteiger partial charge in [-0.3, -0.25) is 14.3 Å². The number of pyridine rings is 1. The Kier molecular flexibility index (Phi) is 6.65. The van der Waals surface area contributed by atoms with Gasteiger partial charge in [0, 0.05) is 28.3 Å². The number of aliphatic hydroxyl groups is 1. The fraction of sp³-hybridized carbons (Fsp3) is 0.355. The van der Waals surface area contributed by atoms with E-state index in [1.165, 1.54) is 12.1 Å². The lowest BCUT2D eigenvalue weighted by Crippen LogP contribution is -2.44. The molecule has 2 aromatic carbocycles. The van der Waals surface area contributed by atoms with Gasteiger partial charge >= 0.3 is 0 Å². The topological polar surface area (TPSA) is 132 Å². The van der Waals surface area contributed by atoms with Crippen LogP contribution in [0.1, 0.15) is 60.3 Å². The number of hydrogen-bond donors (Lipinski definition) is 3. The molecule has 228 valence electrons. The van der Waals surface area contributed by atoms with E-state index in [4.69, 9.17) is 33.7 Å². The highest BCUT2D eigenvalue weighted by Crippen LogP contribution is 2.50. The van der Waals surface area contributed by atoms with Crippen LogP contribution in [0.15, 0.2) is 36.5 Å². The molecule has 2 aliphatic carbocycles. The number of amides is 2. The number of halogens is 4. The number of primary amides is 1. The summed E-state index contributed by atoms with van der Waals surface area (Å²) in [6, 6.07) is 6.76. The first-order valence-electron chi connectivity index (χ1n) is 14.2. The van der Waals surface area contributed by atoms with Crippen molar-refractivity contribution in [1.82, 2.24) is 20.1 Å². The van der Waals surface area contributed by atoms with Gasteiger partial charge in [-0.05, 0) is 68.9 Å². The zero-order valence-corrected chi connectivity index (χ0v) is 25.0. The van der Waals surface area contributed by atoms with E-state index in [0.717, 1.165) is 30.4 Å². The Morgan fingerprint density at radius 2 is 1.89 bits per heavy atom. The second-order valence-corrected chi connectivity index (χ2v) is 12.9. The Morgan fingerprint density at radius 1 is 1.14 bits per heavy atom. The molecule has 0 spiro atoms. The zero-order chi connectivity index (χ0) is 31.1. The van der Waals surface area contributed by atoms with Crippen molar-refractivity contribution in [3.8, 4) is 17.0 Å². The molecule has 0 bridgehead atoms. The number of carbonyl (C=O) groups excluding carboxylic acids is 2. The number of aromatic nitrogens is 3. The van der Waals surface area contributed by atoms with Crippen LogP contribution < -0.4 is 15.8 Å². The number of nitrogens with zero attached hydrogens (tertiary/aromatic N) is 3. The first-order chi connectivity index (χ1) is 20.9. The van der Waals surface area contributed by atoms with E-state index in [-0.39, 0.29) is 52.9 Å². The number of fused-ring (bicyclic) bond motifs is 2. The molecule has 7 rings (SSSR count). The summed E-state index contributed by atoms with van der Waals surface area (Å²) in [5, 5.41) is 20.1. The average molecular weight is 642 g/mol. The van der Waals surface area contributed by atoms with E-state index in [2.05, 4.69) is 15.4 Å². The van der Waals surface area contributed by atoms with Gasteiger partial charge in [0.2, 0.25) is 5.91 Å². The number of benzene rings is 2. The van der Waals surface area contributed by atoms with E-state index in [0.29, 0.717) is 29.4 Å². The van der Waals surface area contributed by atoms with Gasteiger partial charge in [0.05, 0.1) is 28.3 Å². The summed E-state index contributed by atoms with van der Waals surface area (Å²) < 4.78 is 37.4. The number of rotatable bonds is 8. The van der Waals surface area contributed by atoms with Crippen LogP contribution in [0.2, 0.25) is 10.0 Å². The predicted octanol–water partition coefficient (Wildman–Crippen LogP) is 5.18. The van der Waals surface area contributed by atoms with Gasteiger partial charge in [-0.25, -0.2) is 13.8 Å². The van der Waals surface area contributed by atoms with E-state index in [1.807, 2.05) is 10.9 Å². The van der Waals surface area contributed by atoms with Gasteiger partial charge in [-0.2, -0.15) is 5.10 Å². The second kappa shape index (κ2) is 10.1. The molecule has 3 aliphatic rings. The van der Waals surface area contributed by atoms with Crippen LogP contribution in [0.5, 0.6) is 5.75 Å². The maximum Gasteiger partial charge on any atom is 0.251 e. The summed E-state index contributed by atoms with van der Waals surface area (Å²) >= 11 is 12.3. The molecule has 1 unspecified atom stereocenters. The van der Waals surface area contributed by atoms with Crippen molar-refractivity contribution in [3.05, 3.63) is 75.0 Å². The average Bonchev–Trinajstić information content (AvgIpc) is 3.93. The lowest BCUT2D eigenvalue weighted by Gasteiger charge is -2.30. The van der Waals surface area contributed by atoms with Crippen LogP contribution in [0.3, 0.4) is 0 Å². The molecule has 44 heavy (non-hydrogen) atoms. The molecule has 9 nitrogen and oxygen atoms in total. The molecule has 2 amide bonds. The van der Waals surface area contributed by atoms with Gasteiger partial charge in [0.25, 0.3) is 5.91 Å². The van der Waals surface area contributed by atoms with Crippen LogP contribution in [-0.4, -0.2) is 44.8 Å². The number of ether oxygens (including phenoxy) is 1. The van der Waals surface area contributed by atoms with E-state index in [1.54, 1.807) is 13.0 Å². The number of carbonyl (C=O) groups is 2. The molecule has 13 heteroatoms. The SMILES string of the molecule is C[C@]1(C(N)=O)COc2c1cc(C(O)(CNC(=O)c1cc(Cl)c3nn(C4CC4)cc3c1)C1CC1)nc2-c1cc(F)c(Cl)cc1F. The summed E-state index contributed by atoms with van der Waals surface area (Å²) in [6.45, 7) is 1.15. The first-order valence-corrected chi connectivity index (χ1v) is 15.0. The smallest absolute Gasteiger partial charge is 0.251 e. The van der Waals surface area contributed by atoms with Crippen LogP contribution in [0, 0.1) is 17.6 Å². The quantitative estimate of drug-likeness (QED) is 0.227. The molecule has 3 heterocycles.